The van der Waals surface area contributed by atoms with Crippen molar-refractivity contribution in [2.24, 2.45) is 0 Å². The normalized spacial score (nSPS) is 10.4. The van der Waals surface area contributed by atoms with Crippen LogP contribution in [0.4, 0.5) is 0 Å². The van der Waals surface area contributed by atoms with Gasteiger partial charge < -0.3 is 14.8 Å². The van der Waals surface area contributed by atoms with E-state index in [0.29, 0.717) is 18.0 Å². The van der Waals surface area contributed by atoms with Gasteiger partial charge in [-0.1, -0.05) is 6.92 Å². The molecule has 0 aliphatic heterocycles. The van der Waals surface area contributed by atoms with Crippen molar-refractivity contribution < 1.29 is 14.3 Å². The molecule has 0 bridgehead atoms. The Bertz CT molecular complexity index is 405. The number of methoxy groups -OCH3 is 2. The van der Waals surface area contributed by atoms with E-state index in [1.54, 1.807) is 26.4 Å². The smallest absolute Gasteiger partial charge is 0.243 e. The van der Waals surface area contributed by atoms with E-state index in [2.05, 4.69) is 5.32 Å². The Kier molecular flexibility index (Phi) is 5.77. The largest absolute Gasteiger partial charge is 0.497 e. The van der Waals surface area contributed by atoms with Gasteiger partial charge in [-0.2, -0.15) is 0 Å². The van der Waals surface area contributed by atoms with Crippen LogP contribution < -0.4 is 14.8 Å². The number of carbonyl (C=O) groups is 1. The fourth-order valence-electron chi connectivity index (χ4n) is 1.40. The molecule has 1 rings (SSSR count). The number of carbonyl (C=O) groups excluding carboxylic acids is 1. The molecule has 0 saturated heterocycles. The molecule has 1 N–H and O–H groups in total. The molecular weight excluding hydrogens is 230 g/mol. The maximum absolute atomic E-state index is 11.4. The summed E-state index contributed by atoms with van der Waals surface area (Å²) >= 11 is 0. The zero-order valence-electron chi connectivity index (χ0n) is 11.0. The molecule has 0 atom stereocenters. The quantitative estimate of drug-likeness (QED) is 0.786. The average molecular weight is 249 g/mol. The summed E-state index contributed by atoms with van der Waals surface area (Å²) in [6.07, 6.45) is 4.16. The third kappa shape index (κ3) is 4.49. The fraction of sp³-hybridized carbons (Fsp3) is 0.357. The topological polar surface area (TPSA) is 47.6 Å². The van der Waals surface area contributed by atoms with E-state index in [-0.39, 0.29) is 5.91 Å². The van der Waals surface area contributed by atoms with Crippen LogP contribution in [0.1, 0.15) is 18.9 Å². The molecule has 4 heteroatoms. The number of benzene rings is 1. The standard InChI is InChI=1S/C14H19NO3/c1-4-7-15-14(16)6-5-11-8-12(17-2)10-13(9-11)18-3/h5-6,8-10H,4,7H2,1-3H3,(H,15,16)/b6-5+. The van der Waals surface area contributed by atoms with Crippen molar-refractivity contribution in [1.29, 1.82) is 0 Å². The Hall–Kier alpha value is -1.97. The fourth-order valence-corrected chi connectivity index (χ4v) is 1.40. The SMILES string of the molecule is CCCNC(=O)/C=C/c1cc(OC)cc(OC)c1. The van der Waals surface area contributed by atoms with Gasteiger partial charge in [-0.05, 0) is 30.2 Å². The number of nitrogens with one attached hydrogen (secondary N) is 1. The van der Waals surface area contributed by atoms with Gasteiger partial charge >= 0.3 is 0 Å². The number of hydrogen-bond acceptors (Lipinski definition) is 3. The van der Waals surface area contributed by atoms with Gasteiger partial charge in [-0.25, -0.2) is 0 Å². The van der Waals surface area contributed by atoms with Crippen molar-refractivity contribution >= 4 is 12.0 Å². The summed E-state index contributed by atoms with van der Waals surface area (Å²) in [5.74, 6) is 1.30. The minimum atomic E-state index is -0.0985. The van der Waals surface area contributed by atoms with Crippen LogP contribution in [0.3, 0.4) is 0 Å². The maximum atomic E-state index is 11.4. The van der Waals surface area contributed by atoms with Gasteiger partial charge in [0.2, 0.25) is 5.91 Å². The van der Waals surface area contributed by atoms with E-state index in [0.717, 1.165) is 12.0 Å². The lowest BCUT2D eigenvalue weighted by molar-refractivity contribution is -0.116. The second-order valence-corrected chi connectivity index (χ2v) is 3.77. The van der Waals surface area contributed by atoms with Crippen molar-refractivity contribution in [3.63, 3.8) is 0 Å². The summed E-state index contributed by atoms with van der Waals surface area (Å²) in [6.45, 7) is 2.70. The van der Waals surface area contributed by atoms with Crippen LogP contribution in [0.2, 0.25) is 0 Å². The van der Waals surface area contributed by atoms with Crippen LogP contribution in [0.25, 0.3) is 6.08 Å². The lowest BCUT2D eigenvalue weighted by atomic mass is 10.2. The molecule has 98 valence electrons. The average Bonchev–Trinajstić information content (AvgIpc) is 2.42. The van der Waals surface area contributed by atoms with Crippen LogP contribution in [0.5, 0.6) is 11.5 Å². The summed E-state index contributed by atoms with van der Waals surface area (Å²) in [7, 11) is 3.19. The number of ether oxygens (including phenoxy) is 2. The van der Waals surface area contributed by atoms with Crippen LogP contribution in [-0.4, -0.2) is 26.7 Å². The predicted molar refractivity (Wildman–Crippen MR) is 71.9 cm³/mol. The molecule has 0 radical (unpaired) electrons. The molecular formula is C14H19NO3. The van der Waals surface area contributed by atoms with E-state index in [1.165, 1.54) is 6.08 Å². The second kappa shape index (κ2) is 7.37. The summed E-state index contributed by atoms with van der Waals surface area (Å²) in [5, 5.41) is 2.77. The molecule has 0 unspecified atom stereocenters. The van der Waals surface area contributed by atoms with E-state index < -0.39 is 0 Å². The molecule has 0 spiro atoms. The molecule has 0 heterocycles. The number of hydrogen-bond donors (Lipinski definition) is 1. The Morgan fingerprint density at radius 2 is 1.83 bits per heavy atom. The van der Waals surface area contributed by atoms with Crippen LogP contribution >= 0.6 is 0 Å². The maximum Gasteiger partial charge on any atom is 0.243 e. The van der Waals surface area contributed by atoms with Crippen molar-refractivity contribution in [2.75, 3.05) is 20.8 Å². The summed E-state index contributed by atoms with van der Waals surface area (Å²) in [4.78, 5) is 11.4. The van der Waals surface area contributed by atoms with Gasteiger partial charge in [0.05, 0.1) is 14.2 Å². The van der Waals surface area contributed by atoms with Crippen molar-refractivity contribution in [1.82, 2.24) is 5.32 Å². The number of rotatable bonds is 6. The summed E-state index contributed by atoms with van der Waals surface area (Å²) in [5.41, 5.74) is 0.859. The highest BCUT2D eigenvalue weighted by molar-refractivity contribution is 5.91. The van der Waals surface area contributed by atoms with Gasteiger partial charge in [0.25, 0.3) is 0 Å². The lowest BCUT2D eigenvalue weighted by Crippen LogP contribution is -2.21. The molecule has 0 aromatic heterocycles. The third-order valence-electron chi connectivity index (χ3n) is 2.35. The minimum absolute atomic E-state index is 0.0985. The first-order valence-electron chi connectivity index (χ1n) is 5.88. The Labute approximate surface area is 108 Å². The molecule has 18 heavy (non-hydrogen) atoms. The first kappa shape index (κ1) is 14.1. The van der Waals surface area contributed by atoms with Gasteiger partial charge in [-0.3, -0.25) is 4.79 Å². The van der Waals surface area contributed by atoms with Crippen molar-refractivity contribution in [3.05, 3.63) is 29.8 Å². The summed E-state index contributed by atoms with van der Waals surface area (Å²) < 4.78 is 10.3. The van der Waals surface area contributed by atoms with Gasteiger partial charge in [0.15, 0.2) is 0 Å². The van der Waals surface area contributed by atoms with Crippen LogP contribution in [-0.2, 0) is 4.79 Å². The Morgan fingerprint density at radius 1 is 1.22 bits per heavy atom. The monoisotopic (exact) mass is 249 g/mol. The Balaban J connectivity index is 2.76. The highest BCUT2D eigenvalue weighted by Crippen LogP contribution is 2.23. The first-order valence-corrected chi connectivity index (χ1v) is 5.88. The molecule has 0 saturated carbocycles. The molecule has 1 aromatic rings. The van der Waals surface area contributed by atoms with Crippen molar-refractivity contribution in [3.8, 4) is 11.5 Å². The molecule has 4 nitrogen and oxygen atoms in total. The highest BCUT2D eigenvalue weighted by atomic mass is 16.5. The predicted octanol–water partition coefficient (Wildman–Crippen LogP) is 2.24. The molecule has 0 aliphatic rings. The minimum Gasteiger partial charge on any atom is -0.497 e. The van der Waals surface area contributed by atoms with E-state index in [1.807, 2.05) is 19.1 Å². The third-order valence-corrected chi connectivity index (χ3v) is 2.35. The van der Waals surface area contributed by atoms with E-state index >= 15 is 0 Å². The van der Waals surface area contributed by atoms with E-state index in [9.17, 15) is 4.79 Å². The first-order chi connectivity index (χ1) is 8.69. The molecule has 0 fully saturated rings. The number of amides is 1. The molecule has 0 aliphatic carbocycles. The van der Waals surface area contributed by atoms with Crippen molar-refractivity contribution in [2.45, 2.75) is 13.3 Å². The lowest BCUT2D eigenvalue weighted by Gasteiger charge is -2.05. The van der Waals surface area contributed by atoms with Crippen LogP contribution in [0, 0.1) is 0 Å². The zero-order valence-corrected chi connectivity index (χ0v) is 11.0. The van der Waals surface area contributed by atoms with E-state index in [4.69, 9.17) is 9.47 Å². The molecule has 1 amide bonds. The Morgan fingerprint density at radius 3 is 2.33 bits per heavy atom. The van der Waals surface area contributed by atoms with Gasteiger partial charge in [0.1, 0.15) is 11.5 Å². The van der Waals surface area contributed by atoms with Crippen LogP contribution in [0.15, 0.2) is 24.3 Å². The van der Waals surface area contributed by atoms with Gasteiger partial charge in [0, 0.05) is 18.7 Å². The van der Waals surface area contributed by atoms with Gasteiger partial charge in [-0.15, -0.1) is 0 Å². The highest BCUT2D eigenvalue weighted by Gasteiger charge is 2.00. The second-order valence-electron chi connectivity index (χ2n) is 3.77. The summed E-state index contributed by atoms with van der Waals surface area (Å²) in [6, 6.07) is 5.47. The zero-order chi connectivity index (χ0) is 13.4. The molecule has 1 aromatic carbocycles.